The third kappa shape index (κ3) is 4.03. The van der Waals surface area contributed by atoms with Crippen molar-refractivity contribution in [3.8, 4) is 0 Å². The fourth-order valence-electron chi connectivity index (χ4n) is 2.40. The first-order valence-electron chi connectivity index (χ1n) is 6.40. The third-order valence-corrected chi connectivity index (χ3v) is 3.40. The van der Waals surface area contributed by atoms with Crippen LogP contribution < -0.4 is 5.32 Å². The Bertz CT molecular complexity index is 556. The van der Waals surface area contributed by atoms with E-state index in [9.17, 15) is 27.2 Å². The van der Waals surface area contributed by atoms with E-state index in [1.165, 1.54) is 12.1 Å². The van der Waals surface area contributed by atoms with Gasteiger partial charge in [0, 0.05) is 24.4 Å². The van der Waals surface area contributed by atoms with Gasteiger partial charge >= 0.3 is 6.18 Å². The van der Waals surface area contributed by atoms with Crippen LogP contribution in [-0.4, -0.2) is 23.9 Å². The summed E-state index contributed by atoms with van der Waals surface area (Å²) in [4.78, 5) is 23.2. The zero-order valence-electron chi connectivity index (χ0n) is 10.9. The number of benzene rings is 1. The molecule has 3 nitrogen and oxygen atoms in total. The van der Waals surface area contributed by atoms with Crippen molar-refractivity contribution >= 4 is 11.7 Å². The summed E-state index contributed by atoms with van der Waals surface area (Å²) in [6.07, 6.45) is -5.47. The Morgan fingerprint density at radius 3 is 2.57 bits per heavy atom. The van der Waals surface area contributed by atoms with Crippen molar-refractivity contribution in [2.45, 2.75) is 31.5 Å². The van der Waals surface area contributed by atoms with Crippen LogP contribution in [0.2, 0.25) is 0 Å². The normalized spacial score (nSPS) is 23.0. The standard InChI is InChI=1S/C14H13F4NO2/c15-10-3-1-2-8(4-10)13(21)19-11-5-9(14(16,17)18)6-12(20)7-11/h1-4,9,11H,5-7H2,(H,19,21). The Labute approximate surface area is 118 Å². The molecule has 1 amide bonds. The van der Waals surface area contributed by atoms with Gasteiger partial charge in [-0.2, -0.15) is 13.2 Å². The Kier molecular flexibility index (Phi) is 4.29. The molecule has 2 rings (SSSR count). The SMILES string of the molecule is O=C1CC(NC(=O)c2cccc(F)c2)CC(C(F)(F)F)C1. The van der Waals surface area contributed by atoms with E-state index in [4.69, 9.17) is 0 Å². The summed E-state index contributed by atoms with van der Waals surface area (Å²) >= 11 is 0. The quantitative estimate of drug-likeness (QED) is 0.854. The number of hydrogen-bond acceptors (Lipinski definition) is 2. The lowest BCUT2D eigenvalue weighted by Crippen LogP contribution is -2.44. The highest BCUT2D eigenvalue weighted by molar-refractivity contribution is 5.94. The number of rotatable bonds is 2. The Morgan fingerprint density at radius 2 is 1.95 bits per heavy atom. The molecule has 2 atom stereocenters. The highest BCUT2D eigenvalue weighted by Crippen LogP contribution is 2.36. The predicted octanol–water partition coefficient (Wildman–Crippen LogP) is 2.86. The maximum Gasteiger partial charge on any atom is 0.392 e. The Morgan fingerprint density at radius 1 is 1.24 bits per heavy atom. The summed E-state index contributed by atoms with van der Waals surface area (Å²) in [6.45, 7) is 0. The first-order valence-corrected chi connectivity index (χ1v) is 6.40. The van der Waals surface area contributed by atoms with Gasteiger partial charge in [-0.25, -0.2) is 4.39 Å². The summed E-state index contributed by atoms with van der Waals surface area (Å²) in [6, 6.07) is 3.94. The average Bonchev–Trinajstić information content (AvgIpc) is 2.37. The second-order valence-electron chi connectivity index (χ2n) is 5.10. The largest absolute Gasteiger partial charge is 0.392 e. The summed E-state index contributed by atoms with van der Waals surface area (Å²) in [7, 11) is 0. The van der Waals surface area contributed by atoms with E-state index < -0.39 is 42.1 Å². The van der Waals surface area contributed by atoms with Gasteiger partial charge in [-0.05, 0) is 24.6 Å². The molecule has 0 heterocycles. The molecule has 1 aliphatic rings. The highest BCUT2D eigenvalue weighted by atomic mass is 19.4. The monoisotopic (exact) mass is 303 g/mol. The van der Waals surface area contributed by atoms with E-state index in [-0.39, 0.29) is 18.4 Å². The van der Waals surface area contributed by atoms with Gasteiger partial charge in [-0.15, -0.1) is 0 Å². The third-order valence-electron chi connectivity index (χ3n) is 3.40. The molecule has 1 fully saturated rings. The maximum absolute atomic E-state index is 13.0. The van der Waals surface area contributed by atoms with Crippen molar-refractivity contribution in [3.05, 3.63) is 35.6 Å². The minimum Gasteiger partial charge on any atom is -0.349 e. The molecule has 21 heavy (non-hydrogen) atoms. The number of ketones is 1. The smallest absolute Gasteiger partial charge is 0.349 e. The summed E-state index contributed by atoms with van der Waals surface area (Å²) in [5, 5.41) is 2.37. The second-order valence-corrected chi connectivity index (χ2v) is 5.10. The molecule has 1 aromatic carbocycles. The van der Waals surface area contributed by atoms with Gasteiger partial charge in [-0.1, -0.05) is 6.07 Å². The molecule has 1 N–H and O–H groups in total. The number of amides is 1. The Balaban J connectivity index is 2.05. The molecular weight excluding hydrogens is 290 g/mol. The lowest BCUT2D eigenvalue weighted by molar-refractivity contribution is -0.185. The van der Waals surface area contributed by atoms with Crippen LogP contribution in [0, 0.1) is 11.7 Å². The van der Waals surface area contributed by atoms with Gasteiger partial charge in [0.1, 0.15) is 11.6 Å². The minimum atomic E-state index is -4.46. The molecule has 114 valence electrons. The van der Waals surface area contributed by atoms with Crippen molar-refractivity contribution in [3.63, 3.8) is 0 Å². The van der Waals surface area contributed by atoms with Crippen LogP contribution in [0.1, 0.15) is 29.6 Å². The summed E-state index contributed by atoms with van der Waals surface area (Å²) in [5.74, 6) is -3.57. The van der Waals surface area contributed by atoms with Crippen LogP contribution in [0.3, 0.4) is 0 Å². The lowest BCUT2D eigenvalue weighted by Gasteiger charge is -2.30. The molecule has 1 aromatic rings. The fourth-order valence-corrected chi connectivity index (χ4v) is 2.40. The summed E-state index contributed by atoms with van der Waals surface area (Å²) in [5.41, 5.74) is 0.0107. The lowest BCUT2D eigenvalue weighted by atomic mass is 9.84. The van der Waals surface area contributed by atoms with Gasteiger partial charge in [0.05, 0.1) is 5.92 Å². The molecule has 0 saturated heterocycles. The number of carbonyl (C=O) groups is 2. The van der Waals surface area contributed by atoms with Gasteiger partial charge in [0.2, 0.25) is 0 Å². The van der Waals surface area contributed by atoms with E-state index in [1.54, 1.807) is 0 Å². The molecule has 0 aliphatic heterocycles. The molecule has 0 aromatic heterocycles. The van der Waals surface area contributed by atoms with E-state index in [1.807, 2.05) is 0 Å². The van der Waals surface area contributed by atoms with Gasteiger partial charge in [0.15, 0.2) is 0 Å². The molecule has 1 saturated carbocycles. The van der Waals surface area contributed by atoms with Crippen LogP contribution in [0.25, 0.3) is 0 Å². The topological polar surface area (TPSA) is 46.2 Å². The summed E-state index contributed by atoms with van der Waals surface area (Å²) < 4.78 is 51.1. The molecule has 1 aliphatic carbocycles. The van der Waals surface area contributed by atoms with Crippen LogP contribution in [0.15, 0.2) is 24.3 Å². The van der Waals surface area contributed by atoms with Crippen molar-refractivity contribution in [2.75, 3.05) is 0 Å². The Hall–Kier alpha value is -1.92. The van der Waals surface area contributed by atoms with Crippen molar-refractivity contribution < 1.29 is 27.2 Å². The van der Waals surface area contributed by atoms with Crippen LogP contribution >= 0.6 is 0 Å². The van der Waals surface area contributed by atoms with E-state index in [2.05, 4.69) is 5.32 Å². The predicted molar refractivity (Wildman–Crippen MR) is 66.1 cm³/mol. The fraction of sp³-hybridized carbons (Fsp3) is 0.429. The van der Waals surface area contributed by atoms with Gasteiger partial charge in [0.25, 0.3) is 5.91 Å². The molecule has 7 heteroatoms. The van der Waals surface area contributed by atoms with Gasteiger partial charge in [-0.3, -0.25) is 9.59 Å². The number of Topliss-reactive ketones (excluding diaryl/α,β-unsaturated/α-hetero) is 1. The van der Waals surface area contributed by atoms with E-state index >= 15 is 0 Å². The van der Waals surface area contributed by atoms with Crippen molar-refractivity contribution in [1.29, 1.82) is 0 Å². The first-order chi connectivity index (χ1) is 9.75. The van der Waals surface area contributed by atoms with Crippen LogP contribution in [-0.2, 0) is 4.79 Å². The maximum atomic E-state index is 13.0. The van der Waals surface area contributed by atoms with Crippen molar-refractivity contribution in [2.24, 2.45) is 5.92 Å². The second kappa shape index (κ2) is 5.83. The minimum absolute atomic E-state index is 0.0107. The van der Waals surface area contributed by atoms with Crippen LogP contribution in [0.5, 0.6) is 0 Å². The van der Waals surface area contributed by atoms with Crippen LogP contribution in [0.4, 0.5) is 17.6 Å². The average molecular weight is 303 g/mol. The molecule has 0 radical (unpaired) electrons. The van der Waals surface area contributed by atoms with E-state index in [0.29, 0.717) is 0 Å². The number of carbonyl (C=O) groups excluding carboxylic acids is 2. The molecular formula is C14H13F4NO2. The number of hydrogen-bond donors (Lipinski definition) is 1. The van der Waals surface area contributed by atoms with Crippen molar-refractivity contribution in [1.82, 2.24) is 5.32 Å². The zero-order valence-corrected chi connectivity index (χ0v) is 10.9. The molecule has 0 bridgehead atoms. The van der Waals surface area contributed by atoms with E-state index in [0.717, 1.165) is 12.1 Å². The number of halogens is 4. The number of nitrogens with one attached hydrogen (secondary N) is 1. The zero-order chi connectivity index (χ0) is 15.6. The highest BCUT2D eigenvalue weighted by Gasteiger charge is 2.44. The molecule has 0 spiro atoms. The van der Waals surface area contributed by atoms with Gasteiger partial charge < -0.3 is 5.32 Å². The number of alkyl halides is 3. The first kappa shape index (κ1) is 15.5. The molecule has 2 unspecified atom stereocenters.